The normalized spacial score (nSPS) is 12.6. The average molecular weight is 312 g/mol. The number of hydrogen-bond donors (Lipinski definition) is 1. The van der Waals surface area contributed by atoms with E-state index in [9.17, 15) is 0 Å². The first-order valence-electron chi connectivity index (χ1n) is 6.84. The molecule has 0 amide bonds. The Balaban J connectivity index is 2.23. The van der Waals surface area contributed by atoms with Gasteiger partial charge in [0, 0.05) is 12.7 Å². The molecule has 0 fully saturated rings. The Morgan fingerprint density at radius 2 is 2.00 bits per heavy atom. The fourth-order valence-corrected chi connectivity index (χ4v) is 2.65. The third-order valence-electron chi connectivity index (χ3n) is 3.28. The number of nitrogens with one attached hydrogen (secondary N) is 1. The van der Waals surface area contributed by atoms with E-state index in [-0.39, 0.29) is 6.04 Å². The van der Waals surface area contributed by atoms with Gasteiger partial charge in [0.25, 0.3) is 0 Å². The topological polar surface area (TPSA) is 29.9 Å². The van der Waals surface area contributed by atoms with E-state index in [1.54, 1.807) is 0 Å². The quantitative estimate of drug-likeness (QED) is 0.870. The Kier molecular flexibility index (Phi) is 5.46. The van der Waals surface area contributed by atoms with Crippen molar-refractivity contribution in [2.24, 2.45) is 0 Å². The van der Waals surface area contributed by atoms with Crippen LogP contribution in [-0.2, 0) is 13.0 Å². The molecule has 1 N–H and O–H groups in total. The van der Waals surface area contributed by atoms with Crippen molar-refractivity contribution in [3.05, 3.63) is 51.8 Å². The van der Waals surface area contributed by atoms with Crippen LogP contribution in [0.15, 0.2) is 30.5 Å². The molecule has 0 aliphatic rings. The van der Waals surface area contributed by atoms with Crippen LogP contribution in [0.1, 0.15) is 31.1 Å². The average Bonchev–Trinajstić information content (AvgIpc) is 2.90. The van der Waals surface area contributed by atoms with Crippen LogP contribution >= 0.6 is 23.2 Å². The van der Waals surface area contributed by atoms with Crippen molar-refractivity contribution in [3.8, 4) is 0 Å². The van der Waals surface area contributed by atoms with Gasteiger partial charge in [-0.3, -0.25) is 4.68 Å². The fraction of sp³-hybridized carbons (Fsp3) is 0.400. The second-order valence-corrected chi connectivity index (χ2v) is 5.45. The highest BCUT2D eigenvalue weighted by Crippen LogP contribution is 2.25. The van der Waals surface area contributed by atoms with E-state index in [0.29, 0.717) is 10.0 Å². The molecule has 1 aromatic carbocycles. The maximum Gasteiger partial charge on any atom is 0.0595 e. The summed E-state index contributed by atoms with van der Waals surface area (Å²) in [7, 11) is 0. The molecule has 3 nitrogen and oxygen atoms in total. The number of nitrogens with zero attached hydrogens (tertiary/aromatic N) is 2. The zero-order valence-corrected chi connectivity index (χ0v) is 13.2. The zero-order chi connectivity index (χ0) is 14.5. The van der Waals surface area contributed by atoms with Gasteiger partial charge in [0.1, 0.15) is 0 Å². The molecule has 108 valence electrons. The monoisotopic (exact) mass is 311 g/mol. The third kappa shape index (κ3) is 3.54. The fourth-order valence-electron chi connectivity index (χ4n) is 2.33. The van der Waals surface area contributed by atoms with Crippen LogP contribution in [0.4, 0.5) is 0 Å². The van der Waals surface area contributed by atoms with E-state index in [1.165, 1.54) is 5.69 Å². The van der Waals surface area contributed by atoms with Gasteiger partial charge in [-0.25, -0.2) is 0 Å². The molecule has 1 unspecified atom stereocenters. The van der Waals surface area contributed by atoms with E-state index in [2.05, 4.69) is 30.3 Å². The second-order valence-electron chi connectivity index (χ2n) is 4.63. The van der Waals surface area contributed by atoms with Crippen LogP contribution in [0.3, 0.4) is 0 Å². The van der Waals surface area contributed by atoms with E-state index in [0.717, 1.165) is 25.1 Å². The SMILES string of the molecule is CCNC(Cc1ccc(Cl)c(Cl)c1)c1ccnn1CC. The molecule has 0 radical (unpaired) electrons. The first kappa shape index (κ1) is 15.4. The molecule has 2 rings (SSSR count). The molecule has 1 heterocycles. The van der Waals surface area contributed by atoms with Crippen LogP contribution in [0.25, 0.3) is 0 Å². The van der Waals surface area contributed by atoms with Crippen molar-refractivity contribution >= 4 is 23.2 Å². The predicted octanol–water partition coefficient (Wildman–Crippen LogP) is 4.10. The van der Waals surface area contributed by atoms with Gasteiger partial charge >= 0.3 is 0 Å². The molecular formula is C15H19Cl2N3. The largest absolute Gasteiger partial charge is 0.309 e. The summed E-state index contributed by atoms with van der Waals surface area (Å²) in [5.74, 6) is 0. The molecular weight excluding hydrogens is 293 g/mol. The highest BCUT2D eigenvalue weighted by Gasteiger charge is 2.15. The Morgan fingerprint density at radius 3 is 2.65 bits per heavy atom. The van der Waals surface area contributed by atoms with Gasteiger partial charge in [0.2, 0.25) is 0 Å². The first-order valence-corrected chi connectivity index (χ1v) is 7.60. The lowest BCUT2D eigenvalue weighted by Gasteiger charge is -2.19. The summed E-state index contributed by atoms with van der Waals surface area (Å²) in [5, 5.41) is 9.04. The van der Waals surface area contributed by atoms with Gasteiger partial charge in [0.15, 0.2) is 0 Å². The van der Waals surface area contributed by atoms with Crippen molar-refractivity contribution in [2.75, 3.05) is 6.54 Å². The van der Waals surface area contributed by atoms with Crippen molar-refractivity contribution < 1.29 is 0 Å². The Morgan fingerprint density at radius 1 is 1.20 bits per heavy atom. The molecule has 1 atom stereocenters. The van der Waals surface area contributed by atoms with Crippen LogP contribution in [-0.4, -0.2) is 16.3 Å². The molecule has 0 aliphatic heterocycles. The molecule has 0 saturated carbocycles. The lowest BCUT2D eigenvalue weighted by Crippen LogP contribution is -2.25. The summed E-state index contributed by atoms with van der Waals surface area (Å²) in [5.41, 5.74) is 2.36. The van der Waals surface area contributed by atoms with Crippen LogP contribution in [0, 0.1) is 0 Å². The van der Waals surface area contributed by atoms with Gasteiger partial charge < -0.3 is 5.32 Å². The summed E-state index contributed by atoms with van der Waals surface area (Å²) in [6, 6.07) is 8.08. The van der Waals surface area contributed by atoms with Crippen molar-refractivity contribution in [2.45, 2.75) is 32.9 Å². The van der Waals surface area contributed by atoms with Gasteiger partial charge in [0.05, 0.1) is 21.8 Å². The molecule has 0 bridgehead atoms. The lowest BCUT2D eigenvalue weighted by atomic mass is 10.0. The maximum absolute atomic E-state index is 6.09. The Labute approximate surface area is 129 Å². The summed E-state index contributed by atoms with van der Waals surface area (Å²) in [6.07, 6.45) is 2.70. The molecule has 0 saturated heterocycles. The van der Waals surface area contributed by atoms with E-state index in [4.69, 9.17) is 23.2 Å². The van der Waals surface area contributed by atoms with Gasteiger partial charge in [-0.05, 0) is 43.7 Å². The van der Waals surface area contributed by atoms with Crippen molar-refractivity contribution in [3.63, 3.8) is 0 Å². The number of benzene rings is 1. The minimum atomic E-state index is 0.222. The number of likely N-dealkylation sites (N-methyl/N-ethyl adjacent to an activating group) is 1. The minimum absolute atomic E-state index is 0.222. The second kappa shape index (κ2) is 7.11. The summed E-state index contributed by atoms with van der Waals surface area (Å²) in [4.78, 5) is 0. The number of halogens is 2. The van der Waals surface area contributed by atoms with Crippen LogP contribution < -0.4 is 5.32 Å². The van der Waals surface area contributed by atoms with E-state index < -0.39 is 0 Å². The predicted molar refractivity (Wildman–Crippen MR) is 84.5 cm³/mol. The molecule has 0 aliphatic carbocycles. The molecule has 2 aromatic rings. The molecule has 20 heavy (non-hydrogen) atoms. The van der Waals surface area contributed by atoms with E-state index in [1.807, 2.05) is 29.1 Å². The zero-order valence-electron chi connectivity index (χ0n) is 11.7. The minimum Gasteiger partial charge on any atom is -0.309 e. The summed E-state index contributed by atoms with van der Waals surface area (Å²) < 4.78 is 2.02. The third-order valence-corrected chi connectivity index (χ3v) is 4.02. The summed E-state index contributed by atoms with van der Waals surface area (Å²) in [6.45, 7) is 5.97. The van der Waals surface area contributed by atoms with Crippen molar-refractivity contribution in [1.82, 2.24) is 15.1 Å². The molecule has 1 aromatic heterocycles. The highest BCUT2D eigenvalue weighted by molar-refractivity contribution is 6.42. The maximum atomic E-state index is 6.09. The number of aromatic nitrogens is 2. The lowest BCUT2D eigenvalue weighted by molar-refractivity contribution is 0.490. The smallest absolute Gasteiger partial charge is 0.0595 e. The number of aryl methyl sites for hydroxylation is 1. The number of hydrogen-bond acceptors (Lipinski definition) is 2. The van der Waals surface area contributed by atoms with Crippen LogP contribution in [0.2, 0.25) is 10.0 Å². The molecule has 5 heteroatoms. The van der Waals surface area contributed by atoms with Gasteiger partial charge in [-0.15, -0.1) is 0 Å². The van der Waals surface area contributed by atoms with E-state index >= 15 is 0 Å². The standard InChI is InChI=1S/C15H19Cl2N3/c1-3-18-14(15-7-8-19-20(15)4-2)10-11-5-6-12(16)13(17)9-11/h5-9,14,18H,3-4,10H2,1-2H3. The Hall–Kier alpha value is -1.03. The first-order chi connectivity index (χ1) is 9.65. The van der Waals surface area contributed by atoms with Crippen molar-refractivity contribution in [1.29, 1.82) is 0 Å². The van der Waals surface area contributed by atoms with Crippen LogP contribution in [0.5, 0.6) is 0 Å². The van der Waals surface area contributed by atoms with Gasteiger partial charge in [-0.2, -0.15) is 5.10 Å². The summed E-state index contributed by atoms with van der Waals surface area (Å²) >= 11 is 12.1. The van der Waals surface area contributed by atoms with Gasteiger partial charge in [-0.1, -0.05) is 36.2 Å². The number of rotatable bonds is 6. The highest BCUT2D eigenvalue weighted by atomic mass is 35.5. The Bertz CT molecular complexity index is 566. The molecule has 0 spiro atoms.